The van der Waals surface area contributed by atoms with Gasteiger partial charge in [-0.3, -0.25) is 0 Å². The zero-order chi connectivity index (χ0) is 13.9. The van der Waals surface area contributed by atoms with E-state index in [0.29, 0.717) is 6.54 Å². The molecule has 0 aromatic carbocycles. The average Bonchev–Trinajstić information content (AvgIpc) is 2.69. The van der Waals surface area contributed by atoms with Crippen LogP contribution in [0.2, 0.25) is 0 Å². The maximum absolute atomic E-state index is 11.2. The van der Waals surface area contributed by atoms with Crippen LogP contribution < -0.4 is 0 Å². The first-order chi connectivity index (χ1) is 8.29. The van der Waals surface area contributed by atoms with Crippen LogP contribution in [0.3, 0.4) is 0 Å². The summed E-state index contributed by atoms with van der Waals surface area (Å²) in [4.78, 5) is 9.31. The first-order valence-corrected chi connectivity index (χ1v) is 7.77. The standard InChI is InChI=1S/C9H14ClN3O4S/c1-3-7(4-2)5-12-6-8(18(10,16)17)9(11-12)13(14)15/h6-7H,3-5H2,1-2H3. The van der Waals surface area contributed by atoms with Crippen molar-refractivity contribution in [2.24, 2.45) is 5.92 Å². The normalized spacial score (nSPS) is 12.0. The lowest BCUT2D eigenvalue weighted by Gasteiger charge is -2.08. The summed E-state index contributed by atoms with van der Waals surface area (Å²) < 4.78 is 23.7. The van der Waals surface area contributed by atoms with E-state index in [-0.39, 0.29) is 5.92 Å². The van der Waals surface area contributed by atoms with Gasteiger partial charge in [0, 0.05) is 10.7 Å². The van der Waals surface area contributed by atoms with E-state index in [1.54, 1.807) is 0 Å². The Morgan fingerprint density at radius 3 is 2.39 bits per heavy atom. The van der Waals surface area contributed by atoms with Crippen molar-refractivity contribution in [2.45, 2.75) is 38.1 Å². The third-order valence-electron chi connectivity index (χ3n) is 2.75. The topological polar surface area (TPSA) is 95.1 Å². The van der Waals surface area contributed by atoms with Crippen LogP contribution in [0, 0.1) is 16.0 Å². The number of halogens is 1. The van der Waals surface area contributed by atoms with Crippen LogP contribution in [0.4, 0.5) is 5.82 Å². The molecule has 102 valence electrons. The Kier molecular flexibility index (Phi) is 4.69. The van der Waals surface area contributed by atoms with Crippen molar-refractivity contribution in [2.75, 3.05) is 0 Å². The van der Waals surface area contributed by atoms with Crippen molar-refractivity contribution in [3.63, 3.8) is 0 Å². The van der Waals surface area contributed by atoms with Crippen LogP contribution >= 0.6 is 10.7 Å². The molecule has 0 N–H and O–H groups in total. The molecular weight excluding hydrogens is 282 g/mol. The van der Waals surface area contributed by atoms with Crippen molar-refractivity contribution >= 4 is 25.6 Å². The maximum Gasteiger partial charge on any atom is 0.410 e. The smallest absolute Gasteiger partial charge is 0.358 e. The Labute approximate surface area is 109 Å². The SMILES string of the molecule is CCC(CC)Cn1cc(S(=O)(=O)Cl)c([N+](=O)[O-])n1. The molecule has 0 aliphatic carbocycles. The molecule has 1 aromatic heterocycles. The number of aromatic nitrogens is 2. The van der Waals surface area contributed by atoms with Gasteiger partial charge in [-0.05, 0) is 10.8 Å². The minimum Gasteiger partial charge on any atom is -0.358 e. The fourth-order valence-electron chi connectivity index (χ4n) is 1.60. The van der Waals surface area contributed by atoms with E-state index in [4.69, 9.17) is 10.7 Å². The summed E-state index contributed by atoms with van der Waals surface area (Å²) in [6.45, 7) is 4.41. The Bertz CT molecular complexity index is 536. The molecule has 0 aliphatic rings. The second kappa shape index (κ2) is 5.66. The van der Waals surface area contributed by atoms with E-state index in [2.05, 4.69) is 5.10 Å². The first-order valence-electron chi connectivity index (χ1n) is 5.46. The Morgan fingerprint density at radius 1 is 1.50 bits per heavy atom. The second-order valence-corrected chi connectivity index (χ2v) is 6.45. The molecule has 0 amide bonds. The lowest BCUT2D eigenvalue weighted by Crippen LogP contribution is -2.09. The predicted octanol–water partition coefficient (Wildman–Crippen LogP) is 2.16. The van der Waals surface area contributed by atoms with E-state index in [0.717, 1.165) is 19.0 Å². The predicted molar refractivity (Wildman–Crippen MR) is 66.0 cm³/mol. The molecule has 1 heterocycles. The van der Waals surface area contributed by atoms with Gasteiger partial charge in [0.05, 0.1) is 17.8 Å². The van der Waals surface area contributed by atoms with Crippen LogP contribution in [0.15, 0.2) is 11.1 Å². The van der Waals surface area contributed by atoms with Crippen molar-refractivity contribution in [3.8, 4) is 0 Å². The molecule has 18 heavy (non-hydrogen) atoms. The highest BCUT2D eigenvalue weighted by Gasteiger charge is 2.30. The number of hydrogen-bond donors (Lipinski definition) is 0. The lowest BCUT2D eigenvalue weighted by molar-refractivity contribution is -0.392. The first kappa shape index (κ1) is 14.9. The van der Waals surface area contributed by atoms with Gasteiger partial charge in [-0.2, -0.15) is 4.68 Å². The van der Waals surface area contributed by atoms with Crippen LogP contribution in [0.1, 0.15) is 26.7 Å². The molecule has 0 bridgehead atoms. The van der Waals surface area contributed by atoms with Gasteiger partial charge < -0.3 is 10.1 Å². The molecule has 0 spiro atoms. The summed E-state index contributed by atoms with van der Waals surface area (Å²) in [5.74, 6) is -0.439. The minimum atomic E-state index is -4.16. The fourth-order valence-corrected chi connectivity index (χ4v) is 2.50. The van der Waals surface area contributed by atoms with Gasteiger partial charge in [-0.15, -0.1) is 0 Å². The number of rotatable bonds is 6. The quantitative estimate of drug-likeness (QED) is 0.455. The highest BCUT2D eigenvalue weighted by molar-refractivity contribution is 8.13. The molecule has 0 fully saturated rings. The van der Waals surface area contributed by atoms with Gasteiger partial charge in [-0.25, -0.2) is 8.42 Å². The Balaban J connectivity index is 3.15. The van der Waals surface area contributed by atoms with Crippen molar-refractivity contribution < 1.29 is 13.3 Å². The molecule has 1 rings (SSSR count). The van der Waals surface area contributed by atoms with Gasteiger partial charge in [0.25, 0.3) is 9.05 Å². The summed E-state index contributed by atoms with van der Waals surface area (Å²) >= 11 is 0. The van der Waals surface area contributed by atoms with E-state index in [1.165, 1.54) is 4.68 Å². The molecule has 7 nitrogen and oxygen atoms in total. The van der Waals surface area contributed by atoms with E-state index in [9.17, 15) is 18.5 Å². The van der Waals surface area contributed by atoms with Crippen molar-refractivity contribution in [3.05, 3.63) is 16.3 Å². The molecule has 0 aliphatic heterocycles. The number of hydrogen-bond acceptors (Lipinski definition) is 5. The van der Waals surface area contributed by atoms with Gasteiger partial charge in [0.2, 0.25) is 4.90 Å². The highest BCUT2D eigenvalue weighted by Crippen LogP contribution is 2.25. The van der Waals surface area contributed by atoms with Crippen LogP contribution in [-0.4, -0.2) is 23.1 Å². The molecule has 0 radical (unpaired) electrons. The van der Waals surface area contributed by atoms with E-state index >= 15 is 0 Å². The van der Waals surface area contributed by atoms with Crippen molar-refractivity contribution in [1.82, 2.24) is 9.78 Å². The summed E-state index contributed by atoms with van der Waals surface area (Å²) in [6.07, 6.45) is 2.87. The van der Waals surface area contributed by atoms with Crippen LogP contribution in [-0.2, 0) is 15.6 Å². The summed E-state index contributed by atoms with van der Waals surface area (Å²) in [5.41, 5.74) is 0. The molecular formula is C9H14ClN3O4S. The summed E-state index contributed by atoms with van der Waals surface area (Å²) in [5, 5.41) is 14.4. The molecule has 9 heteroatoms. The highest BCUT2D eigenvalue weighted by atomic mass is 35.7. The second-order valence-electron chi connectivity index (χ2n) is 3.92. The molecule has 0 saturated heterocycles. The molecule has 0 atom stereocenters. The van der Waals surface area contributed by atoms with Gasteiger partial charge in [0.1, 0.15) is 0 Å². The average molecular weight is 296 g/mol. The molecule has 0 unspecified atom stereocenters. The number of nitro groups is 1. The van der Waals surface area contributed by atoms with Crippen LogP contribution in [0.25, 0.3) is 0 Å². The van der Waals surface area contributed by atoms with Gasteiger partial charge >= 0.3 is 5.82 Å². The monoisotopic (exact) mass is 295 g/mol. The third-order valence-corrected chi connectivity index (χ3v) is 4.06. The maximum atomic E-state index is 11.2. The Hall–Kier alpha value is -1.15. The van der Waals surface area contributed by atoms with Gasteiger partial charge in [-0.1, -0.05) is 26.7 Å². The van der Waals surface area contributed by atoms with Gasteiger partial charge in [0.15, 0.2) is 0 Å². The van der Waals surface area contributed by atoms with Crippen molar-refractivity contribution in [1.29, 1.82) is 0 Å². The minimum absolute atomic E-state index is 0.287. The zero-order valence-corrected chi connectivity index (χ0v) is 11.6. The van der Waals surface area contributed by atoms with Crippen LogP contribution in [0.5, 0.6) is 0 Å². The largest absolute Gasteiger partial charge is 0.410 e. The van der Waals surface area contributed by atoms with E-state index in [1.807, 2.05) is 13.8 Å². The third kappa shape index (κ3) is 3.42. The summed E-state index contributed by atoms with van der Waals surface area (Å²) in [6, 6.07) is 0. The summed E-state index contributed by atoms with van der Waals surface area (Å²) in [7, 11) is 0.980. The molecule has 0 saturated carbocycles. The Morgan fingerprint density at radius 2 is 2.06 bits per heavy atom. The van der Waals surface area contributed by atoms with E-state index < -0.39 is 24.7 Å². The fraction of sp³-hybridized carbons (Fsp3) is 0.667. The molecule has 1 aromatic rings. The number of nitrogens with zero attached hydrogens (tertiary/aromatic N) is 3. The lowest BCUT2D eigenvalue weighted by atomic mass is 10.0. The zero-order valence-electron chi connectivity index (χ0n) is 10.0.